The van der Waals surface area contributed by atoms with Gasteiger partial charge in [0.15, 0.2) is 5.82 Å². The molecule has 3 rings (SSSR count). The molecule has 0 bridgehead atoms. The van der Waals surface area contributed by atoms with Crippen LogP contribution in [0.2, 0.25) is 0 Å². The third-order valence-corrected chi connectivity index (χ3v) is 3.56. The van der Waals surface area contributed by atoms with Gasteiger partial charge in [0.05, 0.1) is 12.3 Å². The van der Waals surface area contributed by atoms with Crippen molar-refractivity contribution in [1.82, 2.24) is 19.7 Å². The van der Waals surface area contributed by atoms with Crippen molar-refractivity contribution in [3.05, 3.63) is 48.5 Å². The lowest BCUT2D eigenvalue weighted by Crippen LogP contribution is -2.19. The first-order valence-corrected chi connectivity index (χ1v) is 7.72. The van der Waals surface area contributed by atoms with E-state index in [2.05, 4.69) is 20.5 Å². The van der Waals surface area contributed by atoms with Crippen LogP contribution in [0.1, 0.15) is 12.7 Å². The van der Waals surface area contributed by atoms with Gasteiger partial charge in [0, 0.05) is 18.5 Å². The van der Waals surface area contributed by atoms with Crippen molar-refractivity contribution in [3.8, 4) is 17.0 Å². The highest BCUT2D eigenvalue weighted by molar-refractivity contribution is 5.90. The molecule has 1 aromatic carbocycles. The van der Waals surface area contributed by atoms with Crippen LogP contribution in [-0.4, -0.2) is 32.3 Å². The molecule has 24 heavy (non-hydrogen) atoms. The average molecular weight is 325 g/mol. The number of amides is 1. The second-order valence-electron chi connectivity index (χ2n) is 5.27. The SMILES string of the molecule is CCOc1ccc(-c2cc(NC(=O)Cn3ccnc3C)n[nH]2)cc1. The summed E-state index contributed by atoms with van der Waals surface area (Å²) in [4.78, 5) is 16.2. The van der Waals surface area contributed by atoms with Gasteiger partial charge >= 0.3 is 0 Å². The molecule has 124 valence electrons. The van der Waals surface area contributed by atoms with Crippen LogP contribution in [0.25, 0.3) is 11.3 Å². The number of rotatable bonds is 6. The van der Waals surface area contributed by atoms with E-state index in [0.717, 1.165) is 22.8 Å². The molecule has 0 aliphatic carbocycles. The van der Waals surface area contributed by atoms with Crippen LogP contribution >= 0.6 is 0 Å². The number of ether oxygens (including phenoxy) is 1. The number of nitrogens with zero attached hydrogens (tertiary/aromatic N) is 3. The molecule has 0 aliphatic heterocycles. The van der Waals surface area contributed by atoms with E-state index in [1.165, 1.54) is 0 Å². The molecular weight excluding hydrogens is 306 g/mol. The minimum Gasteiger partial charge on any atom is -0.494 e. The van der Waals surface area contributed by atoms with Gasteiger partial charge in [-0.1, -0.05) is 0 Å². The van der Waals surface area contributed by atoms with Gasteiger partial charge in [-0.2, -0.15) is 5.10 Å². The van der Waals surface area contributed by atoms with E-state index in [4.69, 9.17) is 4.74 Å². The van der Waals surface area contributed by atoms with Crippen molar-refractivity contribution in [2.45, 2.75) is 20.4 Å². The Labute approximate surface area is 139 Å². The van der Waals surface area contributed by atoms with Crippen LogP contribution in [0.4, 0.5) is 5.82 Å². The zero-order valence-electron chi connectivity index (χ0n) is 13.6. The van der Waals surface area contributed by atoms with Crippen LogP contribution in [-0.2, 0) is 11.3 Å². The van der Waals surface area contributed by atoms with Crippen molar-refractivity contribution < 1.29 is 9.53 Å². The molecule has 7 heteroatoms. The van der Waals surface area contributed by atoms with Crippen molar-refractivity contribution in [2.75, 3.05) is 11.9 Å². The Morgan fingerprint density at radius 1 is 1.33 bits per heavy atom. The van der Waals surface area contributed by atoms with Crippen LogP contribution in [0.15, 0.2) is 42.7 Å². The van der Waals surface area contributed by atoms with Crippen molar-refractivity contribution >= 4 is 11.7 Å². The third-order valence-electron chi connectivity index (χ3n) is 3.56. The second kappa shape index (κ2) is 6.99. The van der Waals surface area contributed by atoms with Crippen LogP contribution in [0.3, 0.4) is 0 Å². The number of H-pyrrole nitrogens is 1. The van der Waals surface area contributed by atoms with Gasteiger partial charge in [0.25, 0.3) is 0 Å². The minimum absolute atomic E-state index is 0.152. The number of aryl methyl sites for hydroxylation is 1. The van der Waals surface area contributed by atoms with Gasteiger partial charge in [-0.05, 0) is 43.7 Å². The molecule has 3 aromatic rings. The molecule has 0 spiro atoms. The maximum atomic E-state index is 12.1. The molecule has 0 saturated heterocycles. The summed E-state index contributed by atoms with van der Waals surface area (Å²) in [7, 11) is 0. The summed E-state index contributed by atoms with van der Waals surface area (Å²) >= 11 is 0. The molecule has 2 N–H and O–H groups in total. The molecule has 7 nitrogen and oxygen atoms in total. The number of anilines is 1. The standard InChI is InChI=1S/C17H19N5O2/c1-3-24-14-6-4-13(5-7-14)15-10-16(21-20-15)19-17(23)11-22-9-8-18-12(22)2/h4-10H,3,11H2,1-2H3,(H2,19,20,21,23). The summed E-state index contributed by atoms with van der Waals surface area (Å²) in [5.41, 5.74) is 1.80. The quantitative estimate of drug-likeness (QED) is 0.729. The van der Waals surface area contributed by atoms with E-state index in [9.17, 15) is 4.79 Å². The fourth-order valence-electron chi connectivity index (χ4n) is 2.34. The Kier molecular flexibility index (Phi) is 4.60. The molecule has 0 fully saturated rings. The highest BCUT2D eigenvalue weighted by Gasteiger charge is 2.09. The van der Waals surface area contributed by atoms with Crippen molar-refractivity contribution in [1.29, 1.82) is 0 Å². The van der Waals surface area contributed by atoms with E-state index < -0.39 is 0 Å². The number of hydrogen-bond donors (Lipinski definition) is 2. The Balaban J connectivity index is 1.64. The lowest BCUT2D eigenvalue weighted by atomic mass is 10.1. The first-order chi connectivity index (χ1) is 11.7. The van der Waals surface area contributed by atoms with Crippen LogP contribution < -0.4 is 10.1 Å². The number of carbonyl (C=O) groups excluding carboxylic acids is 1. The minimum atomic E-state index is -0.152. The molecule has 1 amide bonds. The maximum Gasteiger partial charge on any atom is 0.245 e. The highest BCUT2D eigenvalue weighted by Crippen LogP contribution is 2.22. The summed E-state index contributed by atoms with van der Waals surface area (Å²) < 4.78 is 7.20. The summed E-state index contributed by atoms with van der Waals surface area (Å²) in [6.45, 7) is 4.64. The van der Waals surface area contributed by atoms with Gasteiger partial charge in [0.1, 0.15) is 18.1 Å². The molecule has 0 unspecified atom stereocenters. The lowest BCUT2D eigenvalue weighted by Gasteiger charge is -2.04. The van der Waals surface area contributed by atoms with Crippen molar-refractivity contribution in [3.63, 3.8) is 0 Å². The summed E-state index contributed by atoms with van der Waals surface area (Å²) in [5, 5.41) is 9.83. The highest BCUT2D eigenvalue weighted by atomic mass is 16.5. The van der Waals surface area contributed by atoms with Gasteiger partial charge in [-0.15, -0.1) is 0 Å². The number of aromatic amines is 1. The number of hydrogen-bond acceptors (Lipinski definition) is 4. The van der Waals surface area contributed by atoms with Gasteiger partial charge in [-0.25, -0.2) is 4.98 Å². The zero-order chi connectivity index (χ0) is 16.9. The molecule has 0 saturated carbocycles. The van der Waals surface area contributed by atoms with Crippen molar-refractivity contribution in [2.24, 2.45) is 0 Å². The van der Waals surface area contributed by atoms with E-state index in [-0.39, 0.29) is 12.5 Å². The van der Waals surface area contributed by atoms with Crippen LogP contribution in [0, 0.1) is 6.92 Å². The van der Waals surface area contributed by atoms with Gasteiger partial charge in [0.2, 0.25) is 5.91 Å². The predicted octanol–water partition coefficient (Wildman–Crippen LogP) is 2.62. The normalized spacial score (nSPS) is 10.6. The monoisotopic (exact) mass is 325 g/mol. The Bertz CT molecular complexity index is 820. The Morgan fingerprint density at radius 2 is 2.12 bits per heavy atom. The van der Waals surface area contributed by atoms with E-state index in [1.54, 1.807) is 23.0 Å². The number of nitrogens with one attached hydrogen (secondary N) is 2. The Morgan fingerprint density at radius 3 is 2.79 bits per heavy atom. The largest absolute Gasteiger partial charge is 0.494 e. The first kappa shape index (κ1) is 15.8. The molecule has 2 heterocycles. The number of aromatic nitrogens is 4. The smallest absolute Gasteiger partial charge is 0.245 e. The molecule has 0 aliphatic rings. The maximum absolute atomic E-state index is 12.1. The third kappa shape index (κ3) is 3.62. The van der Waals surface area contributed by atoms with Gasteiger partial charge < -0.3 is 14.6 Å². The molecular formula is C17H19N5O2. The fraction of sp³-hybridized carbons (Fsp3) is 0.235. The number of imidazole rings is 1. The summed E-state index contributed by atoms with van der Waals surface area (Å²) in [6, 6.07) is 9.49. The predicted molar refractivity (Wildman–Crippen MR) is 90.8 cm³/mol. The topological polar surface area (TPSA) is 84.8 Å². The number of carbonyl (C=O) groups is 1. The number of benzene rings is 1. The average Bonchev–Trinajstić information content (AvgIpc) is 3.18. The lowest BCUT2D eigenvalue weighted by molar-refractivity contribution is -0.116. The fourth-order valence-corrected chi connectivity index (χ4v) is 2.34. The summed E-state index contributed by atoms with van der Waals surface area (Å²) in [6.07, 6.45) is 3.44. The Hall–Kier alpha value is -3.09. The second-order valence-corrected chi connectivity index (χ2v) is 5.27. The molecule has 2 aromatic heterocycles. The van der Waals surface area contributed by atoms with Crippen LogP contribution in [0.5, 0.6) is 5.75 Å². The van der Waals surface area contributed by atoms with Gasteiger partial charge in [-0.3, -0.25) is 9.89 Å². The first-order valence-electron chi connectivity index (χ1n) is 7.72. The zero-order valence-corrected chi connectivity index (χ0v) is 13.6. The summed E-state index contributed by atoms with van der Waals surface area (Å²) in [5.74, 6) is 1.95. The molecule has 0 atom stereocenters. The molecule has 0 radical (unpaired) electrons. The van der Waals surface area contributed by atoms with E-state index >= 15 is 0 Å². The van der Waals surface area contributed by atoms with E-state index in [0.29, 0.717) is 12.4 Å². The van der Waals surface area contributed by atoms with E-state index in [1.807, 2.05) is 38.1 Å².